The monoisotopic (exact) mass is 158 g/mol. The molecule has 0 radical (unpaired) electrons. The molecule has 0 saturated heterocycles. The molecule has 0 unspecified atom stereocenters. The zero-order chi connectivity index (χ0) is 8.69. The molecule has 5 nitrogen and oxygen atoms in total. The Bertz CT molecular complexity index is 146. The van der Waals surface area contributed by atoms with Crippen molar-refractivity contribution in [1.82, 2.24) is 15.9 Å². The fraction of sp³-hybridized carbons (Fsp3) is 0.667. The molecule has 0 aliphatic carbocycles. The second-order valence-electron chi connectivity index (χ2n) is 2.17. The van der Waals surface area contributed by atoms with Crippen LogP contribution in [0.5, 0.6) is 0 Å². The smallest absolute Gasteiger partial charge is 0.227 e. The van der Waals surface area contributed by atoms with Crippen molar-refractivity contribution in [1.29, 1.82) is 0 Å². The standard InChI is InChI=1S/C6H14N4O/c1-6(9-8-5-11)4-10(3)7-2/h5,7H,4H2,1-3H3,(H,8,11)/b9-6-. The molecule has 0 rings (SSSR count). The van der Waals surface area contributed by atoms with Gasteiger partial charge in [0.25, 0.3) is 0 Å². The second-order valence-corrected chi connectivity index (χ2v) is 2.17. The molecule has 0 saturated carbocycles. The van der Waals surface area contributed by atoms with Gasteiger partial charge < -0.3 is 0 Å². The Hall–Kier alpha value is -0.940. The van der Waals surface area contributed by atoms with Gasteiger partial charge in [-0.1, -0.05) is 0 Å². The van der Waals surface area contributed by atoms with Crippen LogP contribution in [0.1, 0.15) is 6.92 Å². The van der Waals surface area contributed by atoms with E-state index < -0.39 is 0 Å². The first-order chi connectivity index (χ1) is 5.20. The Morgan fingerprint density at radius 3 is 2.82 bits per heavy atom. The molecule has 0 aromatic heterocycles. The van der Waals surface area contributed by atoms with Crippen molar-refractivity contribution in [2.75, 3.05) is 20.6 Å². The summed E-state index contributed by atoms with van der Waals surface area (Å²) in [6.45, 7) is 2.52. The van der Waals surface area contributed by atoms with Gasteiger partial charge in [0.15, 0.2) is 0 Å². The van der Waals surface area contributed by atoms with E-state index in [4.69, 9.17) is 0 Å². The van der Waals surface area contributed by atoms with Gasteiger partial charge in [-0.3, -0.25) is 10.2 Å². The first kappa shape index (κ1) is 10.1. The van der Waals surface area contributed by atoms with E-state index in [2.05, 4.69) is 16.0 Å². The minimum absolute atomic E-state index is 0.545. The molecule has 0 atom stereocenters. The molecule has 0 aromatic rings. The predicted molar refractivity (Wildman–Crippen MR) is 44.0 cm³/mol. The summed E-state index contributed by atoms with van der Waals surface area (Å²) >= 11 is 0. The number of hydrogen-bond donors (Lipinski definition) is 2. The van der Waals surface area contributed by atoms with Crippen molar-refractivity contribution in [3.8, 4) is 0 Å². The van der Waals surface area contributed by atoms with Crippen LogP contribution in [-0.4, -0.2) is 37.8 Å². The summed E-state index contributed by atoms with van der Waals surface area (Å²) in [6, 6.07) is 0. The lowest BCUT2D eigenvalue weighted by molar-refractivity contribution is -0.109. The molecule has 0 aliphatic heterocycles. The Kier molecular flexibility index (Phi) is 5.32. The molecule has 0 spiro atoms. The first-order valence-electron chi connectivity index (χ1n) is 3.31. The van der Waals surface area contributed by atoms with E-state index in [1.54, 1.807) is 0 Å². The van der Waals surface area contributed by atoms with Crippen molar-refractivity contribution < 1.29 is 4.79 Å². The van der Waals surface area contributed by atoms with Gasteiger partial charge in [-0.2, -0.15) is 5.10 Å². The summed E-state index contributed by atoms with van der Waals surface area (Å²) in [7, 11) is 3.71. The lowest BCUT2D eigenvalue weighted by Gasteiger charge is -2.13. The number of nitrogens with zero attached hydrogens (tertiary/aromatic N) is 2. The van der Waals surface area contributed by atoms with Crippen LogP contribution in [0.3, 0.4) is 0 Å². The van der Waals surface area contributed by atoms with E-state index >= 15 is 0 Å². The van der Waals surface area contributed by atoms with Gasteiger partial charge in [0, 0.05) is 7.05 Å². The SMILES string of the molecule is CNN(C)C/C(C)=N\NC=O. The van der Waals surface area contributed by atoms with Gasteiger partial charge in [0.1, 0.15) is 0 Å². The lowest BCUT2D eigenvalue weighted by atomic mass is 10.4. The summed E-state index contributed by atoms with van der Waals surface area (Å²) in [5, 5.41) is 5.60. The van der Waals surface area contributed by atoms with Crippen molar-refractivity contribution in [3.63, 3.8) is 0 Å². The summed E-state index contributed by atoms with van der Waals surface area (Å²) < 4.78 is 0. The number of hydrazone groups is 1. The van der Waals surface area contributed by atoms with E-state index in [0.29, 0.717) is 13.0 Å². The normalized spacial score (nSPS) is 11.8. The molecule has 0 aromatic carbocycles. The van der Waals surface area contributed by atoms with Crippen LogP contribution in [0.15, 0.2) is 5.10 Å². The molecule has 1 amide bonds. The fourth-order valence-electron chi connectivity index (χ4n) is 0.594. The molecular weight excluding hydrogens is 144 g/mol. The third-order valence-electron chi connectivity index (χ3n) is 1.16. The van der Waals surface area contributed by atoms with E-state index in [-0.39, 0.29) is 0 Å². The van der Waals surface area contributed by atoms with Crippen molar-refractivity contribution in [2.45, 2.75) is 6.92 Å². The molecule has 0 fully saturated rings. The maximum absolute atomic E-state index is 9.82. The number of carbonyl (C=O) groups is 1. The third kappa shape index (κ3) is 5.50. The zero-order valence-electron chi connectivity index (χ0n) is 7.09. The van der Waals surface area contributed by atoms with Gasteiger partial charge in [-0.15, -0.1) is 0 Å². The Balaban J connectivity index is 3.65. The summed E-state index contributed by atoms with van der Waals surface area (Å²) in [5.74, 6) is 0. The average molecular weight is 158 g/mol. The van der Waals surface area contributed by atoms with Crippen LogP contribution in [-0.2, 0) is 4.79 Å². The van der Waals surface area contributed by atoms with E-state index in [1.807, 2.05) is 26.0 Å². The number of carbonyl (C=O) groups excluding carboxylic acids is 1. The highest BCUT2D eigenvalue weighted by molar-refractivity contribution is 5.84. The van der Waals surface area contributed by atoms with Gasteiger partial charge in [0.2, 0.25) is 6.41 Å². The molecule has 2 N–H and O–H groups in total. The number of hydrogen-bond acceptors (Lipinski definition) is 4. The van der Waals surface area contributed by atoms with E-state index in [1.165, 1.54) is 0 Å². The molecule has 0 heterocycles. The molecular formula is C6H14N4O. The Labute approximate surface area is 66.4 Å². The summed E-state index contributed by atoms with van der Waals surface area (Å²) in [5.41, 5.74) is 5.98. The average Bonchev–Trinajstić information content (AvgIpc) is 2.00. The van der Waals surface area contributed by atoms with Crippen molar-refractivity contribution >= 4 is 12.1 Å². The topological polar surface area (TPSA) is 56.7 Å². The second kappa shape index (κ2) is 5.82. The third-order valence-corrected chi connectivity index (χ3v) is 1.16. The first-order valence-corrected chi connectivity index (χ1v) is 3.31. The maximum atomic E-state index is 9.82. The fourth-order valence-corrected chi connectivity index (χ4v) is 0.594. The number of nitrogens with one attached hydrogen (secondary N) is 2. The molecule has 11 heavy (non-hydrogen) atoms. The van der Waals surface area contributed by atoms with Crippen LogP contribution in [0.25, 0.3) is 0 Å². The molecule has 0 aliphatic rings. The summed E-state index contributed by atoms with van der Waals surface area (Å²) in [4.78, 5) is 9.82. The van der Waals surface area contributed by atoms with E-state index in [0.717, 1.165) is 5.71 Å². The Morgan fingerprint density at radius 1 is 1.73 bits per heavy atom. The van der Waals surface area contributed by atoms with Crippen LogP contribution in [0.2, 0.25) is 0 Å². The quantitative estimate of drug-likeness (QED) is 0.312. The number of rotatable bonds is 5. The number of hydrazine groups is 1. The van der Waals surface area contributed by atoms with Crippen LogP contribution in [0, 0.1) is 0 Å². The molecule has 5 heteroatoms. The van der Waals surface area contributed by atoms with Gasteiger partial charge in [-0.05, 0) is 14.0 Å². The van der Waals surface area contributed by atoms with Crippen LogP contribution in [0.4, 0.5) is 0 Å². The number of amides is 1. The molecule has 0 bridgehead atoms. The van der Waals surface area contributed by atoms with Crippen LogP contribution < -0.4 is 10.9 Å². The minimum Gasteiger partial charge on any atom is -0.277 e. The Morgan fingerprint density at radius 2 is 2.36 bits per heavy atom. The van der Waals surface area contributed by atoms with Crippen molar-refractivity contribution in [3.05, 3.63) is 0 Å². The highest BCUT2D eigenvalue weighted by atomic mass is 16.1. The zero-order valence-corrected chi connectivity index (χ0v) is 7.09. The van der Waals surface area contributed by atoms with Gasteiger partial charge in [0.05, 0.1) is 12.3 Å². The highest BCUT2D eigenvalue weighted by Gasteiger charge is 1.95. The molecule has 64 valence electrons. The van der Waals surface area contributed by atoms with Gasteiger partial charge in [-0.25, -0.2) is 10.4 Å². The lowest BCUT2D eigenvalue weighted by Crippen LogP contribution is -2.35. The predicted octanol–water partition coefficient (Wildman–Crippen LogP) is -0.825. The largest absolute Gasteiger partial charge is 0.277 e. The highest BCUT2D eigenvalue weighted by Crippen LogP contribution is 1.77. The van der Waals surface area contributed by atoms with E-state index in [9.17, 15) is 4.79 Å². The van der Waals surface area contributed by atoms with Crippen molar-refractivity contribution in [2.24, 2.45) is 5.10 Å². The maximum Gasteiger partial charge on any atom is 0.227 e. The van der Waals surface area contributed by atoms with Crippen LogP contribution >= 0.6 is 0 Å². The van der Waals surface area contributed by atoms with Gasteiger partial charge >= 0.3 is 0 Å². The summed E-state index contributed by atoms with van der Waals surface area (Å²) in [6.07, 6.45) is 0.545. The minimum atomic E-state index is 0.545.